The van der Waals surface area contributed by atoms with Crippen LogP contribution in [0.2, 0.25) is 0 Å². The van der Waals surface area contributed by atoms with E-state index >= 15 is 0 Å². The van der Waals surface area contributed by atoms with E-state index in [2.05, 4.69) is 29.6 Å². The van der Waals surface area contributed by atoms with Crippen molar-refractivity contribution < 1.29 is 14.3 Å². The molecule has 0 aliphatic carbocycles. The topological polar surface area (TPSA) is 61.9 Å². The highest BCUT2D eigenvalue weighted by Gasteiger charge is 2.28. The lowest BCUT2D eigenvalue weighted by Crippen LogP contribution is -2.49. The Hall–Kier alpha value is -3.80. The van der Waals surface area contributed by atoms with Crippen LogP contribution in [0, 0.1) is 13.8 Å². The molecule has 170 valence electrons. The summed E-state index contributed by atoms with van der Waals surface area (Å²) in [6, 6.07) is 23.4. The molecule has 1 aliphatic heterocycles. The Morgan fingerprint density at radius 1 is 0.909 bits per heavy atom. The van der Waals surface area contributed by atoms with E-state index in [1.165, 1.54) is 5.56 Å². The van der Waals surface area contributed by atoms with Crippen molar-refractivity contribution >= 4 is 23.5 Å². The van der Waals surface area contributed by atoms with Crippen LogP contribution >= 0.6 is 0 Å². The molecule has 1 saturated heterocycles. The Kier molecular flexibility index (Phi) is 6.93. The largest absolute Gasteiger partial charge is 0.444 e. The van der Waals surface area contributed by atoms with Crippen molar-refractivity contribution in [1.29, 1.82) is 0 Å². The minimum absolute atomic E-state index is 0.0635. The van der Waals surface area contributed by atoms with Gasteiger partial charge in [-0.15, -0.1) is 0 Å². The summed E-state index contributed by atoms with van der Waals surface area (Å²) in [4.78, 5) is 29.4. The lowest BCUT2D eigenvalue weighted by molar-refractivity contribution is 0.155. The summed E-state index contributed by atoms with van der Waals surface area (Å²) in [5.41, 5.74) is 5.44. The number of nitrogens with one attached hydrogen (secondary N) is 1. The number of hydrogen-bond donors (Lipinski definition) is 1. The molecule has 1 fully saturated rings. The maximum absolute atomic E-state index is 13.3. The number of rotatable bonds is 6. The molecule has 0 unspecified atom stereocenters. The fourth-order valence-corrected chi connectivity index (χ4v) is 3.92. The van der Waals surface area contributed by atoms with Gasteiger partial charge in [0.25, 0.3) is 0 Å². The molecule has 0 spiro atoms. The summed E-state index contributed by atoms with van der Waals surface area (Å²) in [7, 11) is 0. The third-order valence-corrected chi connectivity index (χ3v) is 5.70. The fraction of sp³-hybridized carbons (Fsp3) is 0.259. The molecule has 4 rings (SSSR count). The van der Waals surface area contributed by atoms with Crippen molar-refractivity contribution in [3.63, 3.8) is 0 Å². The van der Waals surface area contributed by atoms with Gasteiger partial charge in [-0.1, -0.05) is 66.2 Å². The van der Waals surface area contributed by atoms with Crippen molar-refractivity contribution in [2.45, 2.75) is 33.4 Å². The zero-order chi connectivity index (χ0) is 23.2. The molecular weight excluding hydrogens is 414 g/mol. The maximum Gasteiger partial charge on any atom is 0.412 e. The van der Waals surface area contributed by atoms with E-state index in [0.717, 1.165) is 23.1 Å². The summed E-state index contributed by atoms with van der Waals surface area (Å²) in [5.74, 6) is 0. The van der Waals surface area contributed by atoms with Crippen LogP contribution in [-0.4, -0.2) is 30.1 Å². The van der Waals surface area contributed by atoms with Crippen LogP contribution in [0.3, 0.4) is 0 Å². The lowest BCUT2D eigenvalue weighted by Gasteiger charge is -2.36. The second kappa shape index (κ2) is 10.2. The summed E-state index contributed by atoms with van der Waals surface area (Å²) in [5, 5.41) is 2.84. The highest BCUT2D eigenvalue weighted by Crippen LogP contribution is 2.30. The summed E-state index contributed by atoms with van der Waals surface area (Å²) < 4.78 is 5.39. The molecule has 3 amide bonds. The average molecular weight is 444 g/mol. The molecule has 1 N–H and O–H groups in total. The number of benzene rings is 3. The number of carbonyl (C=O) groups excluding carboxylic acids is 2. The third kappa shape index (κ3) is 5.71. The molecule has 3 aromatic rings. The van der Waals surface area contributed by atoms with E-state index in [1.807, 2.05) is 67.3 Å². The second-order valence-corrected chi connectivity index (χ2v) is 8.40. The van der Waals surface area contributed by atoms with Crippen molar-refractivity contribution in [1.82, 2.24) is 4.90 Å². The van der Waals surface area contributed by atoms with Crippen molar-refractivity contribution in [3.8, 4) is 0 Å². The van der Waals surface area contributed by atoms with Gasteiger partial charge >= 0.3 is 12.1 Å². The molecule has 0 radical (unpaired) electrons. The molecular formula is C27H29N3O3. The Bertz CT molecular complexity index is 1110. The SMILES string of the molecule is Cc1ccc(CN2CCCN(c3ccc(C)cc3NC(=O)OCc3ccccc3)C2=O)cc1. The number of aryl methyl sites for hydroxylation is 2. The van der Waals surface area contributed by atoms with Gasteiger partial charge < -0.3 is 9.64 Å². The van der Waals surface area contributed by atoms with Gasteiger partial charge in [0.15, 0.2) is 0 Å². The normalized spacial score (nSPS) is 13.7. The molecule has 0 atom stereocenters. The standard InChI is InChI=1S/C27H29N3O3/c1-20-9-12-22(13-10-20)18-29-15-6-16-30(27(29)32)25-14-11-21(2)17-24(25)28-26(31)33-19-23-7-4-3-5-8-23/h3-5,7-14,17H,6,15-16,18-19H2,1-2H3,(H,28,31). The highest BCUT2D eigenvalue weighted by atomic mass is 16.5. The van der Waals surface area contributed by atoms with Crippen LogP contribution in [0.15, 0.2) is 72.8 Å². The quantitative estimate of drug-likeness (QED) is 0.517. The third-order valence-electron chi connectivity index (χ3n) is 5.70. The van der Waals surface area contributed by atoms with Gasteiger partial charge in [-0.3, -0.25) is 10.2 Å². The Balaban J connectivity index is 1.47. The monoisotopic (exact) mass is 443 g/mol. The zero-order valence-electron chi connectivity index (χ0n) is 19.1. The first-order valence-corrected chi connectivity index (χ1v) is 11.2. The number of urea groups is 1. The number of hydrogen-bond acceptors (Lipinski definition) is 3. The van der Waals surface area contributed by atoms with Crippen molar-refractivity contribution in [2.24, 2.45) is 0 Å². The molecule has 1 aliphatic rings. The number of anilines is 2. The number of ether oxygens (including phenoxy) is 1. The first-order chi connectivity index (χ1) is 16.0. The first kappa shape index (κ1) is 22.4. The molecule has 33 heavy (non-hydrogen) atoms. The smallest absolute Gasteiger partial charge is 0.412 e. The van der Waals surface area contributed by atoms with Gasteiger partial charge in [-0.05, 0) is 49.1 Å². The predicted octanol–water partition coefficient (Wildman–Crippen LogP) is 5.88. The Morgan fingerprint density at radius 3 is 2.39 bits per heavy atom. The minimum Gasteiger partial charge on any atom is -0.444 e. The van der Waals surface area contributed by atoms with Crippen LogP contribution in [0.4, 0.5) is 21.0 Å². The summed E-state index contributed by atoms with van der Waals surface area (Å²) in [6.07, 6.45) is 0.301. The summed E-state index contributed by atoms with van der Waals surface area (Å²) >= 11 is 0. The van der Waals surface area contributed by atoms with Crippen LogP contribution < -0.4 is 10.2 Å². The van der Waals surface area contributed by atoms with Gasteiger partial charge in [-0.2, -0.15) is 0 Å². The number of nitrogens with zero attached hydrogens (tertiary/aromatic N) is 2. The molecule has 1 heterocycles. The molecule has 6 nitrogen and oxygen atoms in total. The Labute approximate surface area is 194 Å². The van der Waals surface area contributed by atoms with E-state index in [-0.39, 0.29) is 12.6 Å². The second-order valence-electron chi connectivity index (χ2n) is 8.40. The van der Waals surface area contributed by atoms with Gasteiger partial charge in [0.05, 0.1) is 11.4 Å². The lowest BCUT2D eigenvalue weighted by atomic mass is 10.1. The first-order valence-electron chi connectivity index (χ1n) is 11.2. The van der Waals surface area contributed by atoms with Gasteiger partial charge in [0.1, 0.15) is 6.61 Å². The molecule has 0 bridgehead atoms. The van der Waals surface area contributed by atoms with E-state index in [1.54, 1.807) is 4.90 Å². The molecule has 3 aromatic carbocycles. The molecule has 0 saturated carbocycles. The maximum atomic E-state index is 13.3. The van der Waals surface area contributed by atoms with E-state index in [4.69, 9.17) is 4.74 Å². The number of amides is 3. The van der Waals surface area contributed by atoms with Crippen molar-refractivity contribution in [2.75, 3.05) is 23.3 Å². The molecule has 0 aromatic heterocycles. The summed E-state index contributed by atoms with van der Waals surface area (Å²) in [6.45, 7) is 6.04. The highest BCUT2D eigenvalue weighted by molar-refractivity contribution is 5.99. The zero-order valence-corrected chi connectivity index (χ0v) is 19.1. The van der Waals surface area contributed by atoms with E-state index in [9.17, 15) is 9.59 Å². The van der Waals surface area contributed by atoms with Gasteiger partial charge in [0.2, 0.25) is 0 Å². The van der Waals surface area contributed by atoms with E-state index in [0.29, 0.717) is 31.0 Å². The van der Waals surface area contributed by atoms with Crippen molar-refractivity contribution in [3.05, 3.63) is 95.1 Å². The minimum atomic E-state index is -0.549. The van der Waals surface area contributed by atoms with Gasteiger partial charge in [-0.25, -0.2) is 9.59 Å². The number of carbonyl (C=O) groups is 2. The molecule has 6 heteroatoms. The predicted molar refractivity (Wildman–Crippen MR) is 130 cm³/mol. The van der Waals surface area contributed by atoms with Crippen LogP contribution in [-0.2, 0) is 17.9 Å². The Morgan fingerprint density at radius 2 is 1.64 bits per heavy atom. The average Bonchev–Trinajstić information content (AvgIpc) is 2.82. The van der Waals surface area contributed by atoms with Crippen LogP contribution in [0.25, 0.3) is 0 Å². The van der Waals surface area contributed by atoms with Gasteiger partial charge in [0, 0.05) is 19.6 Å². The van der Waals surface area contributed by atoms with Crippen LogP contribution in [0.5, 0.6) is 0 Å². The van der Waals surface area contributed by atoms with E-state index < -0.39 is 6.09 Å². The van der Waals surface area contributed by atoms with Crippen LogP contribution in [0.1, 0.15) is 28.7 Å². The fourth-order valence-electron chi connectivity index (χ4n) is 3.92.